The zero-order valence-electron chi connectivity index (χ0n) is 8.66. The first kappa shape index (κ1) is 11.5. The van der Waals surface area contributed by atoms with Crippen molar-refractivity contribution < 1.29 is 19.5 Å². The van der Waals surface area contributed by atoms with Crippen LogP contribution in [0.15, 0.2) is 39.8 Å². The fraction of sp³-hybridized carbons (Fsp3) is 0.0909. The number of carboxylic acids is 1. The van der Waals surface area contributed by atoms with Crippen LogP contribution in [-0.2, 0) is 5.75 Å². The number of aromatic carboxylic acids is 1. The highest BCUT2D eigenvalue weighted by atomic mass is 32.2. The van der Waals surface area contributed by atoms with Crippen molar-refractivity contribution in [1.82, 2.24) is 5.16 Å². The number of phenolic OH excluding ortho intramolecular Hbond substituents is 1. The summed E-state index contributed by atoms with van der Waals surface area (Å²) in [6, 6.07) is 8.27. The maximum atomic E-state index is 10.6. The Balaban J connectivity index is 2.02. The average Bonchev–Trinajstić information content (AvgIpc) is 2.77. The fourth-order valence-corrected chi connectivity index (χ4v) is 2.03. The van der Waals surface area contributed by atoms with Crippen molar-refractivity contribution in [2.75, 3.05) is 0 Å². The third-order valence-corrected chi connectivity index (χ3v) is 3.10. The smallest absolute Gasteiger partial charge is 0.358 e. The highest BCUT2D eigenvalue weighted by Gasteiger charge is 2.11. The highest BCUT2D eigenvalue weighted by molar-refractivity contribution is 7.98. The molecular weight excluding hydrogens is 242 g/mol. The second kappa shape index (κ2) is 4.92. The van der Waals surface area contributed by atoms with Crippen molar-refractivity contribution in [3.05, 3.63) is 41.8 Å². The fourth-order valence-electron chi connectivity index (χ4n) is 1.21. The van der Waals surface area contributed by atoms with Crippen LogP contribution < -0.4 is 0 Å². The monoisotopic (exact) mass is 251 g/mol. The van der Waals surface area contributed by atoms with Gasteiger partial charge in [-0.3, -0.25) is 0 Å². The van der Waals surface area contributed by atoms with Crippen molar-refractivity contribution in [2.45, 2.75) is 10.6 Å². The number of benzene rings is 1. The Bertz CT molecular complexity index is 538. The number of rotatable bonds is 4. The van der Waals surface area contributed by atoms with Crippen LogP contribution in [0.5, 0.6) is 5.75 Å². The molecule has 0 fully saturated rings. The summed E-state index contributed by atoms with van der Waals surface area (Å²) in [5, 5.41) is 21.6. The Labute approximate surface area is 101 Å². The molecule has 1 heterocycles. The topological polar surface area (TPSA) is 83.6 Å². The normalized spacial score (nSPS) is 10.4. The van der Waals surface area contributed by atoms with Gasteiger partial charge in [0.05, 0.1) is 5.75 Å². The van der Waals surface area contributed by atoms with Crippen molar-refractivity contribution in [3.8, 4) is 5.75 Å². The van der Waals surface area contributed by atoms with E-state index in [1.807, 2.05) is 6.07 Å². The van der Waals surface area contributed by atoms with Crippen LogP contribution in [-0.4, -0.2) is 21.3 Å². The van der Waals surface area contributed by atoms with Gasteiger partial charge < -0.3 is 14.7 Å². The average molecular weight is 251 g/mol. The van der Waals surface area contributed by atoms with E-state index in [-0.39, 0.29) is 11.4 Å². The van der Waals surface area contributed by atoms with Gasteiger partial charge in [0.2, 0.25) is 0 Å². The lowest BCUT2D eigenvalue weighted by Gasteiger charge is -2.00. The van der Waals surface area contributed by atoms with E-state index in [1.165, 1.54) is 17.8 Å². The van der Waals surface area contributed by atoms with Gasteiger partial charge in [0.15, 0.2) is 5.69 Å². The predicted molar refractivity (Wildman–Crippen MR) is 61.1 cm³/mol. The highest BCUT2D eigenvalue weighted by Crippen LogP contribution is 2.30. The number of nitrogens with zero attached hydrogens (tertiary/aromatic N) is 1. The van der Waals surface area contributed by atoms with Crippen molar-refractivity contribution in [2.24, 2.45) is 0 Å². The summed E-state index contributed by atoms with van der Waals surface area (Å²) >= 11 is 1.35. The van der Waals surface area contributed by atoms with E-state index in [9.17, 15) is 9.90 Å². The standard InChI is InChI=1S/C11H9NO4S/c13-9-3-1-2-4-10(9)17-6-7-5-8(11(14)15)12-16-7/h1-5,13H,6H2,(H,14,15). The van der Waals surface area contributed by atoms with E-state index in [0.717, 1.165) is 0 Å². The largest absolute Gasteiger partial charge is 0.507 e. The molecule has 2 aromatic rings. The molecule has 0 saturated carbocycles. The molecule has 0 aliphatic rings. The van der Waals surface area contributed by atoms with Crippen LogP contribution >= 0.6 is 11.8 Å². The third-order valence-electron chi connectivity index (χ3n) is 2.01. The number of para-hydroxylation sites is 1. The van der Waals surface area contributed by atoms with Crippen LogP contribution in [0.4, 0.5) is 0 Å². The van der Waals surface area contributed by atoms with Gasteiger partial charge in [-0.05, 0) is 12.1 Å². The first-order chi connectivity index (χ1) is 8.16. The molecule has 1 aromatic heterocycles. The number of phenols is 1. The molecule has 88 valence electrons. The SMILES string of the molecule is O=C(O)c1cc(CSc2ccccc2O)on1. The second-order valence-electron chi connectivity index (χ2n) is 3.24. The molecular formula is C11H9NO4S. The molecule has 2 N–H and O–H groups in total. The molecule has 2 rings (SSSR count). The first-order valence-electron chi connectivity index (χ1n) is 4.76. The van der Waals surface area contributed by atoms with E-state index >= 15 is 0 Å². The van der Waals surface area contributed by atoms with Crippen molar-refractivity contribution >= 4 is 17.7 Å². The van der Waals surface area contributed by atoms with Crippen molar-refractivity contribution in [3.63, 3.8) is 0 Å². The Hall–Kier alpha value is -1.95. The summed E-state index contributed by atoms with van der Waals surface area (Å²) in [6.45, 7) is 0. The van der Waals surface area contributed by atoms with Gasteiger partial charge in [0.1, 0.15) is 11.5 Å². The van der Waals surface area contributed by atoms with Gasteiger partial charge in [0.25, 0.3) is 0 Å². The minimum Gasteiger partial charge on any atom is -0.507 e. The molecule has 5 nitrogen and oxygen atoms in total. The minimum absolute atomic E-state index is 0.113. The summed E-state index contributed by atoms with van der Waals surface area (Å²) < 4.78 is 4.85. The molecule has 0 bridgehead atoms. The van der Waals surface area contributed by atoms with Gasteiger partial charge >= 0.3 is 5.97 Å². The maximum Gasteiger partial charge on any atom is 0.358 e. The zero-order valence-corrected chi connectivity index (χ0v) is 9.48. The molecule has 6 heteroatoms. The minimum atomic E-state index is -1.12. The summed E-state index contributed by atoms with van der Waals surface area (Å²) in [7, 11) is 0. The first-order valence-corrected chi connectivity index (χ1v) is 5.75. The lowest BCUT2D eigenvalue weighted by atomic mass is 10.3. The molecule has 17 heavy (non-hydrogen) atoms. The van der Waals surface area contributed by atoms with Crippen LogP contribution in [0.3, 0.4) is 0 Å². The molecule has 0 aliphatic carbocycles. The van der Waals surface area contributed by atoms with Gasteiger partial charge in [-0.1, -0.05) is 17.3 Å². The summed E-state index contributed by atoms with van der Waals surface area (Å²) in [5.74, 6) is -0.0589. The third kappa shape index (κ3) is 2.79. The molecule has 0 saturated heterocycles. The van der Waals surface area contributed by atoms with E-state index in [1.54, 1.807) is 18.2 Å². The van der Waals surface area contributed by atoms with Crippen molar-refractivity contribution in [1.29, 1.82) is 0 Å². The number of carbonyl (C=O) groups is 1. The van der Waals surface area contributed by atoms with E-state index < -0.39 is 5.97 Å². The van der Waals surface area contributed by atoms with Crippen LogP contribution in [0.2, 0.25) is 0 Å². The second-order valence-corrected chi connectivity index (χ2v) is 4.26. The molecule has 1 aromatic carbocycles. The van der Waals surface area contributed by atoms with Gasteiger partial charge in [-0.2, -0.15) is 0 Å². The molecule has 0 spiro atoms. The number of carboxylic acid groups (broad SMARTS) is 1. The summed E-state index contributed by atoms with van der Waals surface area (Å²) in [6.07, 6.45) is 0. The van der Waals surface area contributed by atoms with Crippen LogP contribution in [0, 0.1) is 0 Å². The predicted octanol–water partition coefficient (Wildman–Crippen LogP) is 2.37. The Kier molecular flexibility index (Phi) is 3.34. The molecule has 0 aliphatic heterocycles. The van der Waals surface area contributed by atoms with Gasteiger partial charge in [-0.25, -0.2) is 4.79 Å². The molecule has 0 radical (unpaired) electrons. The summed E-state index contributed by atoms with van der Waals surface area (Å²) in [5.41, 5.74) is -0.113. The van der Waals surface area contributed by atoms with Gasteiger partial charge in [0, 0.05) is 11.0 Å². The molecule has 0 amide bonds. The number of aromatic nitrogens is 1. The lowest BCUT2D eigenvalue weighted by Crippen LogP contribution is -1.94. The Morgan fingerprint density at radius 3 is 2.82 bits per heavy atom. The number of hydrogen-bond donors (Lipinski definition) is 2. The van der Waals surface area contributed by atoms with E-state index in [0.29, 0.717) is 16.4 Å². The number of thioether (sulfide) groups is 1. The Morgan fingerprint density at radius 2 is 2.18 bits per heavy atom. The van der Waals surface area contributed by atoms with Gasteiger partial charge in [-0.15, -0.1) is 11.8 Å². The number of aromatic hydroxyl groups is 1. The van der Waals surface area contributed by atoms with E-state index in [2.05, 4.69) is 5.16 Å². The van der Waals surface area contributed by atoms with E-state index in [4.69, 9.17) is 9.63 Å². The molecule has 0 atom stereocenters. The Morgan fingerprint density at radius 1 is 1.41 bits per heavy atom. The zero-order chi connectivity index (χ0) is 12.3. The maximum absolute atomic E-state index is 10.6. The quantitative estimate of drug-likeness (QED) is 0.811. The molecule has 0 unspecified atom stereocenters. The van der Waals surface area contributed by atoms with Crippen LogP contribution in [0.25, 0.3) is 0 Å². The summed E-state index contributed by atoms with van der Waals surface area (Å²) in [4.78, 5) is 11.3. The lowest BCUT2D eigenvalue weighted by molar-refractivity contribution is 0.0685. The number of hydrogen-bond acceptors (Lipinski definition) is 5. The van der Waals surface area contributed by atoms with Crippen LogP contribution in [0.1, 0.15) is 16.2 Å².